The Morgan fingerprint density at radius 3 is 2.20 bits per heavy atom. The van der Waals surface area contributed by atoms with Crippen molar-refractivity contribution in [3.63, 3.8) is 0 Å². The minimum Gasteiger partial charge on any atom is -0.507 e. The lowest BCUT2D eigenvalue weighted by molar-refractivity contribution is 0.0692. The molecular weight excluding hydrogens is 380 g/mol. The van der Waals surface area contributed by atoms with E-state index in [1.807, 2.05) is 6.92 Å². The molecule has 0 atom stereocenters. The summed E-state index contributed by atoms with van der Waals surface area (Å²) in [6.07, 6.45) is 2.15. The molecule has 0 spiro atoms. The second-order valence-corrected chi connectivity index (χ2v) is 9.61. The first-order valence-electron chi connectivity index (χ1n) is 10.1. The quantitative estimate of drug-likeness (QED) is 0.547. The van der Waals surface area contributed by atoms with Crippen molar-refractivity contribution in [1.82, 2.24) is 0 Å². The number of carbonyl (C=O) groups is 1. The molecule has 5 nitrogen and oxygen atoms in total. The standard InChI is InChI=1S/C25H26O5/c1-13-10-17-18(25(4,5)9-8-24(17,2)3)12-15(13)20-19(26)7-6-14-11-16(22(27)28)23(29)30-21(14)20/h6-7,10-12,26H,8-9H2,1-5H3,(H,27,28). The number of carboxylic acids is 1. The molecule has 0 bridgehead atoms. The normalized spacial score (nSPS) is 17.0. The van der Waals surface area contributed by atoms with Gasteiger partial charge in [-0.2, -0.15) is 0 Å². The first kappa shape index (κ1) is 20.2. The van der Waals surface area contributed by atoms with Crippen LogP contribution in [0.1, 0.15) is 67.6 Å². The Morgan fingerprint density at radius 1 is 1.00 bits per heavy atom. The van der Waals surface area contributed by atoms with Gasteiger partial charge in [0.25, 0.3) is 0 Å². The van der Waals surface area contributed by atoms with Crippen LogP contribution >= 0.6 is 0 Å². The van der Waals surface area contributed by atoms with E-state index in [2.05, 4.69) is 39.8 Å². The highest BCUT2D eigenvalue weighted by Crippen LogP contribution is 2.49. The van der Waals surface area contributed by atoms with Crippen LogP contribution in [0, 0.1) is 6.92 Å². The van der Waals surface area contributed by atoms with Crippen LogP contribution in [0.3, 0.4) is 0 Å². The average molecular weight is 406 g/mol. The molecule has 1 heterocycles. The van der Waals surface area contributed by atoms with E-state index >= 15 is 0 Å². The number of hydrogen-bond acceptors (Lipinski definition) is 4. The molecule has 1 aromatic heterocycles. The molecule has 2 aromatic carbocycles. The maximum Gasteiger partial charge on any atom is 0.351 e. The Kier molecular flexibility index (Phi) is 4.35. The van der Waals surface area contributed by atoms with Gasteiger partial charge in [0.1, 0.15) is 16.9 Å². The van der Waals surface area contributed by atoms with Crippen LogP contribution < -0.4 is 5.63 Å². The molecular formula is C25H26O5. The van der Waals surface area contributed by atoms with Gasteiger partial charge < -0.3 is 14.6 Å². The summed E-state index contributed by atoms with van der Waals surface area (Å²) >= 11 is 0. The largest absolute Gasteiger partial charge is 0.507 e. The number of carboxylic acid groups (broad SMARTS) is 1. The number of hydrogen-bond donors (Lipinski definition) is 2. The first-order valence-corrected chi connectivity index (χ1v) is 10.1. The molecule has 0 aliphatic heterocycles. The first-order chi connectivity index (χ1) is 13.9. The molecule has 0 radical (unpaired) electrons. The zero-order valence-corrected chi connectivity index (χ0v) is 17.9. The SMILES string of the molecule is Cc1cc2c(cc1-c1c(O)ccc3cc(C(=O)O)c(=O)oc13)C(C)(C)CCC2(C)C. The van der Waals surface area contributed by atoms with Crippen LogP contribution in [0.4, 0.5) is 0 Å². The molecule has 1 aliphatic carbocycles. The zero-order chi connectivity index (χ0) is 22.0. The number of aryl methyl sites for hydroxylation is 1. The van der Waals surface area contributed by atoms with Crippen molar-refractivity contribution in [2.24, 2.45) is 0 Å². The molecule has 156 valence electrons. The van der Waals surface area contributed by atoms with E-state index in [4.69, 9.17) is 4.42 Å². The van der Waals surface area contributed by atoms with Crippen molar-refractivity contribution in [2.45, 2.75) is 58.3 Å². The topological polar surface area (TPSA) is 87.7 Å². The number of phenolic OH excluding ortho intramolecular Hbond substituents is 1. The maximum atomic E-state index is 12.2. The molecule has 3 aromatic rings. The predicted octanol–water partition coefficient (Wildman–Crippen LogP) is 5.52. The summed E-state index contributed by atoms with van der Waals surface area (Å²) in [5, 5.41) is 20.4. The van der Waals surface area contributed by atoms with Gasteiger partial charge in [-0.15, -0.1) is 0 Å². The van der Waals surface area contributed by atoms with Gasteiger partial charge in [0.2, 0.25) is 0 Å². The fraction of sp³-hybridized carbons (Fsp3) is 0.360. The van der Waals surface area contributed by atoms with E-state index < -0.39 is 17.2 Å². The summed E-state index contributed by atoms with van der Waals surface area (Å²) in [5.41, 5.74) is 3.56. The van der Waals surface area contributed by atoms with Gasteiger partial charge in [0.15, 0.2) is 0 Å². The highest BCUT2D eigenvalue weighted by Gasteiger charge is 2.37. The van der Waals surface area contributed by atoms with Crippen molar-refractivity contribution >= 4 is 16.9 Å². The monoisotopic (exact) mass is 406 g/mol. The molecule has 30 heavy (non-hydrogen) atoms. The highest BCUT2D eigenvalue weighted by atomic mass is 16.4. The van der Waals surface area contributed by atoms with E-state index in [9.17, 15) is 19.8 Å². The van der Waals surface area contributed by atoms with Crippen LogP contribution in [0.2, 0.25) is 0 Å². The predicted molar refractivity (Wildman–Crippen MR) is 117 cm³/mol. The Balaban J connectivity index is 2.06. The summed E-state index contributed by atoms with van der Waals surface area (Å²) in [4.78, 5) is 23.6. The molecule has 0 fully saturated rings. The van der Waals surface area contributed by atoms with Gasteiger partial charge in [0.05, 0.1) is 5.56 Å². The minimum absolute atomic E-state index is 0.00958. The summed E-state index contributed by atoms with van der Waals surface area (Å²) in [7, 11) is 0. The van der Waals surface area contributed by atoms with Crippen molar-refractivity contribution < 1.29 is 19.4 Å². The number of aromatic carboxylic acids is 1. The molecule has 1 aliphatic rings. The maximum absolute atomic E-state index is 12.2. The van der Waals surface area contributed by atoms with Crippen LogP contribution in [0.5, 0.6) is 5.75 Å². The fourth-order valence-electron chi connectivity index (χ4n) is 4.57. The Hall–Kier alpha value is -3.08. The van der Waals surface area contributed by atoms with Crippen molar-refractivity contribution in [1.29, 1.82) is 0 Å². The van der Waals surface area contributed by atoms with Gasteiger partial charge in [-0.1, -0.05) is 33.8 Å². The number of phenols is 1. The van der Waals surface area contributed by atoms with Crippen LogP contribution in [-0.2, 0) is 10.8 Å². The van der Waals surface area contributed by atoms with Crippen molar-refractivity contribution in [2.75, 3.05) is 0 Å². The van der Waals surface area contributed by atoms with E-state index in [0.29, 0.717) is 10.9 Å². The van der Waals surface area contributed by atoms with E-state index in [0.717, 1.165) is 24.0 Å². The van der Waals surface area contributed by atoms with E-state index in [1.54, 1.807) is 6.07 Å². The van der Waals surface area contributed by atoms with Gasteiger partial charge >= 0.3 is 11.6 Å². The molecule has 0 saturated heterocycles. The lowest BCUT2D eigenvalue weighted by Gasteiger charge is -2.42. The Morgan fingerprint density at radius 2 is 1.60 bits per heavy atom. The summed E-state index contributed by atoms with van der Waals surface area (Å²) in [6, 6.07) is 8.65. The third-order valence-electron chi connectivity index (χ3n) is 6.58. The second kappa shape index (κ2) is 6.46. The van der Waals surface area contributed by atoms with Crippen molar-refractivity contribution in [3.8, 4) is 16.9 Å². The molecule has 5 heteroatoms. The van der Waals surface area contributed by atoms with Crippen LogP contribution in [-0.4, -0.2) is 16.2 Å². The second-order valence-electron chi connectivity index (χ2n) is 9.61. The smallest absolute Gasteiger partial charge is 0.351 e. The molecule has 0 unspecified atom stereocenters. The number of rotatable bonds is 2. The lowest BCUT2D eigenvalue weighted by atomic mass is 9.62. The summed E-state index contributed by atoms with van der Waals surface area (Å²) < 4.78 is 5.42. The van der Waals surface area contributed by atoms with Gasteiger partial charge in [0, 0.05) is 5.39 Å². The average Bonchev–Trinajstić information content (AvgIpc) is 2.65. The van der Waals surface area contributed by atoms with Gasteiger partial charge in [-0.25, -0.2) is 9.59 Å². The number of aromatic hydroxyl groups is 1. The number of fused-ring (bicyclic) bond motifs is 2. The minimum atomic E-state index is -1.34. The zero-order valence-electron chi connectivity index (χ0n) is 17.9. The third-order valence-corrected chi connectivity index (χ3v) is 6.58. The lowest BCUT2D eigenvalue weighted by Crippen LogP contribution is -2.34. The van der Waals surface area contributed by atoms with E-state index in [-0.39, 0.29) is 22.2 Å². The van der Waals surface area contributed by atoms with Crippen molar-refractivity contribution in [3.05, 3.63) is 63.0 Å². The Labute approximate surface area is 175 Å². The number of benzene rings is 2. The summed E-state index contributed by atoms with van der Waals surface area (Å²) in [6.45, 7) is 10.9. The van der Waals surface area contributed by atoms with Gasteiger partial charge in [-0.05, 0) is 77.1 Å². The third kappa shape index (κ3) is 3.00. The summed E-state index contributed by atoms with van der Waals surface area (Å²) in [5.74, 6) is -1.35. The fourth-order valence-corrected chi connectivity index (χ4v) is 4.57. The highest BCUT2D eigenvalue weighted by molar-refractivity contribution is 5.99. The molecule has 0 amide bonds. The van der Waals surface area contributed by atoms with E-state index in [1.165, 1.54) is 23.3 Å². The van der Waals surface area contributed by atoms with Crippen LogP contribution in [0.15, 0.2) is 39.5 Å². The molecule has 2 N–H and O–H groups in total. The molecule has 0 saturated carbocycles. The Bertz CT molecular complexity index is 1260. The van der Waals surface area contributed by atoms with Crippen LogP contribution in [0.25, 0.3) is 22.1 Å². The van der Waals surface area contributed by atoms with Gasteiger partial charge in [-0.3, -0.25) is 0 Å². The molecule has 4 rings (SSSR count).